The molecule has 0 spiro atoms. The molecule has 1 aromatic rings. The summed E-state index contributed by atoms with van der Waals surface area (Å²) < 4.78 is 1.11. The molecule has 0 aliphatic heterocycles. The monoisotopic (exact) mass is 311 g/mol. The Bertz CT molecular complexity index is 396. The highest BCUT2D eigenvalue weighted by Gasteiger charge is 2.33. The summed E-state index contributed by atoms with van der Waals surface area (Å²) >= 11 is 3.49. The van der Waals surface area contributed by atoms with Gasteiger partial charge in [0.1, 0.15) is 0 Å². The standard InChI is InChI=1S/C15H22BrNO/c1-12-4-3-7-15(9-12,11-18)17-10-13-5-2-6-14(16)8-13/h2,5-6,8,12,17-18H,3-4,7,9-11H2,1H3. The zero-order chi connectivity index (χ0) is 13.0. The fraction of sp³-hybridized carbons (Fsp3) is 0.600. The molecule has 18 heavy (non-hydrogen) atoms. The topological polar surface area (TPSA) is 32.3 Å². The Morgan fingerprint density at radius 1 is 1.50 bits per heavy atom. The molecule has 1 fully saturated rings. The Labute approximate surface area is 118 Å². The summed E-state index contributed by atoms with van der Waals surface area (Å²) in [7, 11) is 0. The van der Waals surface area contributed by atoms with E-state index in [-0.39, 0.29) is 12.1 Å². The fourth-order valence-corrected chi connectivity index (χ4v) is 3.40. The molecule has 100 valence electrons. The second-order valence-electron chi connectivity index (χ2n) is 5.62. The van der Waals surface area contributed by atoms with Crippen molar-refractivity contribution in [3.05, 3.63) is 34.3 Å². The van der Waals surface area contributed by atoms with Crippen LogP contribution in [0.1, 0.15) is 38.2 Å². The van der Waals surface area contributed by atoms with Crippen molar-refractivity contribution in [2.75, 3.05) is 6.61 Å². The highest BCUT2D eigenvalue weighted by Crippen LogP contribution is 2.32. The molecule has 2 N–H and O–H groups in total. The maximum Gasteiger partial charge on any atom is 0.0613 e. The minimum atomic E-state index is -0.0695. The molecule has 1 aliphatic rings. The Balaban J connectivity index is 1.98. The van der Waals surface area contributed by atoms with Crippen LogP contribution in [0.5, 0.6) is 0 Å². The maximum absolute atomic E-state index is 9.72. The van der Waals surface area contributed by atoms with Gasteiger partial charge in [0.2, 0.25) is 0 Å². The first-order valence-electron chi connectivity index (χ1n) is 6.74. The van der Waals surface area contributed by atoms with E-state index in [9.17, 15) is 5.11 Å². The summed E-state index contributed by atoms with van der Waals surface area (Å²) in [4.78, 5) is 0. The third-order valence-electron chi connectivity index (χ3n) is 3.95. The van der Waals surface area contributed by atoms with Crippen LogP contribution in [0.3, 0.4) is 0 Å². The van der Waals surface area contributed by atoms with Gasteiger partial charge in [-0.1, -0.05) is 47.8 Å². The first kappa shape index (κ1) is 14.0. The molecular formula is C15H22BrNO. The minimum Gasteiger partial charge on any atom is -0.394 e. The molecule has 2 nitrogen and oxygen atoms in total. The molecule has 0 saturated heterocycles. The van der Waals surface area contributed by atoms with Gasteiger partial charge >= 0.3 is 0 Å². The van der Waals surface area contributed by atoms with E-state index in [4.69, 9.17) is 0 Å². The quantitative estimate of drug-likeness (QED) is 0.892. The summed E-state index contributed by atoms with van der Waals surface area (Å²) in [6.07, 6.45) is 4.67. The molecule has 0 aromatic heterocycles. The normalized spacial score (nSPS) is 28.3. The first-order valence-corrected chi connectivity index (χ1v) is 7.53. The fourth-order valence-electron chi connectivity index (χ4n) is 2.96. The van der Waals surface area contributed by atoms with Crippen molar-refractivity contribution in [2.24, 2.45) is 5.92 Å². The van der Waals surface area contributed by atoms with E-state index in [0.717, 1.165) is 23.9 Å². The van der Waals surface area contributed by atoms with E-state index in [2.05, 4.69) is 46.4 Å². The van der Waals surface area contributed by atoms with Crippen LogP contribution in [0.4, 0.5) is 0 Å². The smallest absolute Gasteiger partial charge is 0.0613 e. The second kappa shape index (κ2) is 6.18. The average Bonchev–Trinajstić information content (AvgIpc) is 2.37. The average molecular weight is 312 g/mol. The van der Waals surface area contributed by atoms with Gasteiger partial charge < -0.3 is 10.4 Å². The van der Waals surface area contributed by atoms with Gasteiger partial charge in [-0.2, -0.15) is 0 Å². The second-order valence-corrected chi connectivity index (χ2v) is 6.54. The van der Waals surface area contributed by atoms with Crippen LogP contribution in [0.15, 0.2) is 28.7 Å². The van der Waals surface area contributed by atoms with Gasteiger partial charge in [0.05, 0.1) is 6.61 Å². The van der Waals surface area contributed by atoms with Crippen molar-refractivity contribution >= 4 is 15.9 Å². The van der Waals surface area contributed by atoms with Gasteiger partial charge in [0, 0.05) is 16.6 Å². The molecule has 1 aromatic carbocycles. The Kier molecular flexibility index (Phi) is 4.82. The number of hydrogen-bond acceptors (Lipinski definition) is 2. The van der Waals surface area contributed by atoms with E-state index in [1.165, 1.54) is 18.4 Å². The Hall–Kier alpha value is -0.380. The third-order valence-corrected chi connectivity index (χ3v) is 4.44. The molecule has 0 bridgehead atoms. The number of halogens is 1. The molecule has 0 radical (unpaired) electrons. The number of benzene rings is 1. The Morgan fingerprint density at radius 2 is 2.33 bits per heavy atom. The molecule has 2 unspecified atom stereocenters. The highest BCUT2D eigenvalue weighted by molar-refractivity contribution is 9.10. The summed E-state index contributed by atoms with van der Waals surface area (Å²) in [5.74, 6) is 0.709. The number of aliphatic hydroxyl groups excluding tert-OH is 1. The van der Waals surface area contributed by atoms with E-state index < -0.39 is 0 Å². The first-order chi connectivity index (χ1) is 8.63. The van der Waals surface area contributed by atoms with Gasteiger partial charge in [-0.3, -0.25) is 0 Å². The van der Waals surface area contributed by atoms with Gasteiger partial charge in [0.15, 0.2) is 0 Å². The van der Waals surface area contributed by atoms with Crippen molar-refractivity contribution < 1.29 is 5.11 Å². The number of aliphatic hydroxyl groups is 1. The van der Waals surface area contributed by atoms with Crippen molar-refractivity contribution in [3.63, 3.8) is 0 Å². The number of rotatable bonds is 4. The summed E-state index contributed by atoms with van der Waals surface area (Å²) in [6.45, 7) is 3.35. The minimum absolute atomic E-state index is 0.0695. The third kappa shape index (κ3) is 3.56. The summed E-state index contributed by atoms with van der Waals surface area (Å²) in [5, 5.41) is 13.3. The lowest BCUT2D eigenvalue weighted by molar-refractivity contribution is 0.0982. The molecule has 0 heterocycles. The van der Waals surface area contributed by atoms with Crippen LogP contribution in [0.2, 0.25) is 0 Å². The molecule has 2 atom stereocenters. The highest BCUT2D eigenvalue weighted by atomic mass is 79.9. The summed E-state index contributed by atoms with van der Waals surface area (Å²) in [6, 6.07) is 8.34. The Morgan fingerprint density at radius 3 is 3.00 bits per heavy atom. The maximum atomic E-state index is 9.72. The lowest BCUT2D eigenvalue weighted by Crippen LogP contribution is -2.51. The molecular weight excluding hydrogens is 290 g/mol. The molecule has 3 heteroatoms. The van der Waals surface area contributed by atoms with Crippen molar-refractivity contribution in [1.82, 2.24) is 5.32 Å². The van der Waals surface area contributed by atoms with Gasteiger partial charge in [-0.05, 0) is 36.5 Å². The number of nitrogens with one attached hydrogen (secondary N) is 1. The van der Waals surface area contributed by atoms with E-state index in [1.807, 2.05) is 6.07 Å². The van der Waals surface area contributed by atoms with E-state index in [1.54, 1.807) is 0 Å². The van der Waals surface area contributed by atoms with Crippen molar-refractivity contribution in [3.8, 4) is 0 Å². The van der Waals surface area contributed by atoms with Gasteiger partial charge in [-0.15, -0.1) is 0 Å². The number of hydrogen-bond donors (Lipinski definition) is 2. The van der Waals surface area contributed by atoms with Gasteiger partial charge in [-0.25, -0.2) is 0 Å². The molecule has 1 saturated carbocycles. The van der Waals surface area contributed by atoms with Crippen LogP contribution < -0.4 is 5.32 Å². The van der Waals surface area contributed by atoms with Crippen LogP contribution >= 0.6 is 15.9 Å². The van der Waals surface area contributed by atoms with Crippen molar-refractivity contribution in [1.29, 1.82) is 0 Å². The van der Waals surface area contributed by atoms with E-state index >= 15 is 0 Å². The molecule has 2 rings (SSSR count). The zero-order valence-electron chi connectivity index (χ0n) is 11.0. The summed E-state index contributed by atoms with van der Waals surface area (Å²) in [5.41, 5.74) is 1.19. The van der Waals surface area contributed by atoms with Crippen LogP contribution in [-0.4, -0.2) is 17.3 Å². The molecule has 1 aliphatic carbocycles. The SMILES string of the molecule is CC1CCCC(CO)(NCc2cccc(Br)c2)C1. The predicted octanol–water partition coefficient (Wildman–Crippen LogP) is 3.48. The predicted molar refractivity (Wildman–Crippen MR) is 78.4 cm³/mol. The van der Waals surface area contributed by atoms with Crippen LogP contribution in [-0.2, 0) is 6.54 Å². The largest absolute Gasteiger partial charge is 0.394 e. The lowest BCUT2D eigenvalue weighted by atomic mass is 9.77. The lowest BCUT2D eigenvalue weighted by Gasteiger charge is -2.39. The molecule has 0 amide bonds. The van der Waals surface area contributed by atoms with Crippen LogP contribution in [0.25, 0.3) is 0 Å². The van der Waals surface area contributed by atoms with Crippen molar-refractivity contribution in [2.45, 2.75) is 44.7 Å². The van der Waals surface area contributed by atoms with Gasteiger partial charge in [0.25, 0.3) is 0 Å². The van der Waals surface area contributed by atoms with Crippen LogP contribution in [0, 0.1) is 5.92 Å². The van der Waals surface area contributed by atoms with E-state index in [0.29, 0.717) is 5.92 Å². The zero-order valence-corrected chi connectivity index (χ0v) is 12.5.